The van der Waals surface area contributed by atoms with Gasteiger partial charge in [0.2, 0.25) is 0 Å². The van der Waals surface area contributed by atoms with Crippen LogP contribution in [-0.4, -0.2) is 70.3 Å². The second-order valence-electron chi connectivity index (χ2n) is 6.98. The molecule has 0 spiro atoms. The first-order chi connectivity index (χ1) is 12.2. The van der Waals surface area contributed by atoms with Crippen molar-refractivity contribution >= 4 is 35.6 Å². The van der Waals surface area contributed by atoms with E-state index in [2.05, 4.69) is 44.6 Å². The quantitative estimate of drug-likeness (QED) is 0.390. The highest BCUT2D eigenvalue weighted by atomic mass is 127. The van der Waals surface area contributed by atoms with Gasteiger partial charge in [0.1, 0.15) is 5.75 Å². The van der Waals surface area contributed by atoms with E-state index in [4.69, 9.17) is 4.74 Å². The van der Waals surface area contributed by atoms with E-state index in [-0.39, 0.29) is 24.0 Å². The van der Waals surface area contributed by atoms with Gasteiger partial charge in [-0.15, -0.1) is 24.0 Å². The third kappa shape index (κ3) is 5.16. The van der Waals surface area contributed by atoms with Gasteiger partial charge in [-0.1, -0.05) is 12.1 Å². The Morgan fingerprint density at radius 2 is 2.08 bits per heavy atom. The maximum absolute atomic E-state index is 5.50. The Morgan fingerprint density at radius 3 is 2.77 bits per heavy atom. The van der Waals surface area contributed by atoms with Crippen molar-refractivity contribution in [3.05, 3.63) is 24.3 Å². The molecule has 0 bridgehead atoms. The van der Waals surface area contributed by atoms with Gasteiger partial charge in [0.15, 0.2) is 5.96 Å². The number of para-hydroxylation sites is 2. The number of likely N-dealkylation sites (N-methyl/N-ethyl adjacent to an activating group) is 1. The minimum atomic E-state index is 0. The van der Waals surface area contributed by atoms with Gasteiger partial charge in [0, 0.05) is 38.8 Å². The third-order valence-electron chi connectivity index (χ3n) is 5.36. The lowest BCUT2D eigenvalue weighted by atomic mass is 10.2. The molecule has 2 atom stereocenters. The van der Waals surface area contributed by atoms with Gasteiger partial charge >= 0.3 is 0 Å². The van der Waals surface area contributed by atoms with E-state index in [1.807, 2.05) is 19.2 Å². The summed E-state index contributed by atoms with van der Waals surface area (Å²) in [4.78, 5) is 9.22. The van der Waals surface area contributed by atoms with Crippen molar-refractivity contribution in [3.8, 4) is 5.75 Å². The van der Waals surface area contributed by atoms with E-state index in [1.54, 1.807) is 7.11 Å². The Hall–Kier alpha value is -1.22. The highest BCUT2D eigenvalue weighted by Crippen LogP contribution is 2.30. The summed E-state index contributed by atoms with van der Waals surface area (Å²) in [6.07, 6.45) is 3.67. The van der Waals surface area contributed by atoms with Crippen LogP contribution in [0.3, 0.4) is 0 Å². The van der Waals surface area contributed by atoms with E-state index >= 15 is 0 Å². The number of anilines is 1. The van der Waals surface area contributed by atoms with Crippen molar-refractivity contribution in [2.24, 2.45) is 4.99 Å². The molecule has 2 aliphatic rings. The fourth-order valence-corrected chi connectivity index (χ4v) is 3.83. The van der Waals surface area contributed by atoms with Crippen LogP contribution in [0.2, 0.25) is 0 Å². The predicted molar refractivity (Wildman–Crippen MR) is 119 cm³/mol. The lowest BCUT2D eigenvalue weighted by Gasteiger charge is -2.24. The molecule has 2 aliphatic heterocycles. The number of ether oxygens (including phenoxy) is 1. The lowest BCUT2D eigenvalue weighted by molar-refractivity contribution is 0.309. The number of rotatable bonds is 5. The number of benzene rings is 1. The highest BCUT2D eigenvalue weighted by Gasteiger charge is 2.26. The Labute approximate surface area is 174 Å². The van der Waals surface area contributed by atoms with E-state index < -0.39 is 0 Å². The summed E-state index contributed by atoms with van der Waals surface area (Å²) in [5, 5.41) is 7.08. The molecule has 2 N–H and O–H groups in total. The normalized spacial score (nSPS) is 23.7. The minimum Gasteiger partial charge on any atom is -0.495 e. The number of guanidine groups is 1. The van der Waals surface area contributed by atoms with Gasteiger partial charge in [-0.2, -0.15) is 0 Å². The molecular formula is C19H32IN5O. The second kappa shape index (κ2) is 10.2. The zero-order valence-corrected chi connectivity index (χ0v) is 18.4. The van der Waals surface area contributed by atoms with Gasteiger partial charge in [-0.05, 0) is 45.0 Å². The van der Waals surface area contributed by atoms with E-state index in [1.165, 1.54) is 25.1 Å². The number of aliphatic imine (C=N–C) groups is 1. The summed E-state index contributed by atoms with van der Waals surface area (Å²) in [5.41, 5.74) is 1.17. The summed E-state index contributed by atoms with van der Waals surface area (Å²) >= 11 is 0. The van der Waals surface area contributed by atoms with E-state index in [9.17, 15) is 0 Å². The summed E-state index contributed by atoms with van der Waals surface area (Å²) < 4.78 is 5.50. The molecule has 0 saturated carbocycles. The number of hydrogen-bond acceptors (Lipinski definition) is 4. The van der Waals surface area contributed by atoms with Crippen LogP contribution in [0.1, 0.15) is 19.3 Å². The van der Waals surface area contributed by atoms with Gasteiger partial charge in [0.05, 0.1) is 12.8 Å². The monoisotopic (exact) mass is 473 g/mol. The molecule has 0 radical (unpaired) electrons. The van der Waals surface area contributed by atoms with Crippen molar-refractivity contribution < 1.29 is 4.74 Å². The van der Waals surface area contributed by atoms with E-state index in [0.717, 1.165) is 37.8 Å². The van der Waals surface area contributed by atoms with Crippen LogP contribution >= 0.6 is 24.0 Å². The van der Waals surface area contributed by atoms with E-state index in [0.29, 0.717) is 12.1 Å². The molecule has 0 aromatic heterocycles. The Kier molecular flexibility index (Phi) is 8.27. The smallest absolute Gasteiger partial charge is 0.191 e. The number of methoxy groups -OCH3 is 1. The van der Waals surface area contributed by atoms with Crippen LogP contribution in [0.4, 0.5) is 5.69 Å². The maximum Gasteiger partial charge on any atom is 0.191 e. The summed E-state index contributed by atoms with van der Waals surface area (Å²) in [7, 11) is 5.79. The molecule has 146 valence electrons. The predicted octanol–water partition coefficient (Wildman–Crippen LogP) is 2.15. The molecule has 2 unspecified atom stereocenters. The number of hydrogen-bond donors (Lipinski definition) is 2. The number of likely N-dealkylation sites (tertiary alicyclic amines) is 1. The van der Waals surface area contributed by atoms with Gasteiger partial charge < -0.3 is 25.2 Å². The molecule has 2 fully saturated rings. The SMILES string of the molecule is CN=C(NCC1CCCN1C)NC1CCN(c2ccccc2OC)C1.I. The fraction of sp³-hybridized carbons (Fsp3) is 0.632. The molecule has 1 aromatic carbocycles. The second-order valence-corrected chi connectivity index (χ2v) is 6.98. The zero-order valence-electron chi connectivity index (χ0n) is 16.1. The highest BCUT2D eigenvalue weighted by molar-refractivity contribution is 14.0. The van der Waals surface area contributed by atoms with Gasteiger partial charge in [-0.25, -0.2) is 0 Å². The molecule has 0 aliphatic carbocycles. The van der Waals surface area contributed by atoms with Crippen LogP contribution in [0.15, 0.2) is 29.3 Å². The van der Waals surface area contributed by atoms with Crippen molar-refractivity contribution in [2.75, 3.05) is 52.3 Å². The first kappa shape index (κ1) is 21.1. The van der Waals surface area contributed by atoms with Gasteiger partial charge in [0.25, 0.3) is 0 Å². The third-order valence-corrected chi connectivity index (χ3v) is 5.36. The average molecular weight is 473 g/mol. The first-order valence-corrected chi connectivity index (χ1v) is 9.26. The zero-order chi connectivity index (χ0) is 17.6. The summed E-state index contributed by atoms with van der Waals surface area (Å²) in [6.45, 7) is 4.15. The van der Waals surface area contributed by atoms with Crippen molar-refractivity contribution in [1.29, 1.82) is 0 Å². The van der Waals surface area contributed by atoms with Crippen molar-refractivity contribution in [1.82, 2.24) is 15.5 Å². The Bertz CT molecular complexity index is 597. The molecule has 7 heteroatoms. The number of halogens is 1. The average Bonchev–Trinajstić information content (AvgIpc) is 3.27. The molecule has 6 nitrogen and oxygen atoms in total. The van der Waals surface area contributed by atoms with Crippen LogP contribution in [0.25, 0.3) is 0 Å². The molecule has 2 heterocycles. The van der Waals surface area contributed by atoms with Crippen LogP contribution in [-0.2, 0) is 0 Å². The Morgan fingerprint density at radius 1 is 1.27 bits per heavy atom. The lowest BCUT2D eigenvalue weighted by Crippen LogP contribution is -2.48. The fourth-order valence-electron chi connectivity index (χ4n) is 3.83. The number of nitrogens with zero attached hydrogens (tertiary/aromatic N) is 3. The van der Waals surface area contributed by atoms with Crippen molar-refractivity contribution in [2.45, 2.75) is 31.3 Å². The Balaban J connectivity index is 0.00000243. The van der Waals surface area contributed by atoms with Crippen LogP contribution in [0.5, 0.6) is 5.75 Å². The topological polar surface area (TPSA) is 52.1 Å². The van der Waals surface area contributed by atoms with Gasteiger partial charge in [-0.3, -0.25) is 4.99 Å². The molecule has 0 amide bonds. The molecule has 3 rings (SSSR count). The first-order valence-electron chi connectivity index (χ1n) is 9.26. The van der Waals surface area contributed by atoms with Crippen molar-refractivity contribution in [3.63, 3.8) is 0 Å². The number of nitrogens with one attached hydrogen (secondary N) is 2. The standard InChI is InChI=1S/C19H31N5O.HI/c1-20-19(21-13-16-7-6-11-23(16)2)22-15-10-12-24(14-15)17-8-4-5-9-18(17)25-3;/h4-5,8-9,15-16H,6-7,10-14H2,1-3H3,(H2,20,21,22);1H. The molecule has 1 aromatic rings. The molecular weight excluding hydrogens is 441 g/mol. The molecule has 2 saturated heterocycles. The maximum atomic E-state index is 5.50. The molecule has 26 heavy (non-hydrogen) atoms. The van der Waals surface area contributed by atoms with Crippen LogP contribution < -0.4 is 20.3 Å². The summed E-state index contributed by atoms with van der Waals surface area (Å²) in [6, 6.07) is 9.25. The minimum absolute atomic E-state index is 0. The summed E-state index contributed by atoms with van der Waals surface area (Å²) in [5.74, 6) is 1.85. The largest absolute Gasteiger partial charge is 0.495 e. The van der Waals surface area contributed by atoms with Crippen LogP contribution in [0, 0.1) is 0 Å².